The Balaban J connectivity index is 6.13. The summed E-state index contributed by atoms with van der Waals surface area (Å²) < 4.78 is 18.5. The minimum absolute atomic E-state index is 0.169. The van der Waals surface area contributed by atoms with Gasteiger partial charge in [-0.15, -0.1) is 0 Å². The van der Waals surface area contributed by atoms with E-state index in [4.69, 9.17) is 13.3 Å². The molecule has 0 aliphatic rings. The fourth-order valence-corrected chi connectivity index (χ4v) is 5.10. The average molecular weight is 423 g/mol. The fraction of sp³-hybridized carbons (Fsp3) is 0.812. The predicted octanol–water partition coefficient (Wildman–Crippen LogP) is 3.77. The molecule has 0 atom stereocenters. The molecule has 0 amide bonds. The number of rotatable bonds is 11. The van der Waals surface area contributed by atoms with Crippen LogP contribution in [0.15, 0.2) is 11.3 Å². The molecule has 148 valence electrons. The number of carboxylic acids is 1. The average Bonchev–Trinajstić information content (AvgIpc) is 2.29. The Morgan fingerprint density at radius 2 is 1.36 bits per heavy atom. The van der Waals surface area contributed by atoms with Crippen LogP contribution in [0.1, 0.15) is 12.8 Å². The molecule has 0 bridgehead atoms. The van der Waals surface area contributed by atoms with Gasteiger partial charge in [0.05, 0.1) is 5.76 Å². The van der Waals surface area contributed by atoms with Gasteiger partial charge in [-0.25, -0.2) is 4.79 Å². The number of allylic oxidation sites excluding steroid dienone is 1. The van der Waals surface area contributed by atoms with Crippen LogP contribution in [0, 0.1) is 0 Å². The van der Waals surface area contributed by atoms with E-state index < -0.39 is 37.2 Å². The highest BCUT2D eigenvalue weighted by atomic mass is 28.4. The summed E-state index contributed by atoms with van der Waals surface area (Å²) in [4.78, 5) is 12.2. The second kappa shape index (κ2) is 9.65. The van der Waals surface area contributed by atoms with Gasteiger partial charge in [-0.1, -0.05) is 6.04 Å². The predicted molar refractivity (Wildman–Crippen MR) is 116 cm³/mol. The van der Waals surface area contributed by atoms with Gasteiger partial charge in [-0.3, -0.25) is 0 Å². The lowest BCUT2D eigenvalue weighted by Crippen LogP contribution is -2.43. The zero-order chi connectivity index (χ0) is 20.1. The van der Waals surface area contributed by atoms with Crippen molar-refractivity contribution in [2.24, 2.45) is 0 Å². The van der Waals surface area contributed by atoms with Crippen molar-refractivity contribution >= 4 is 41.2 Å². The number of carbonyl (C=O) groups is 1. The van der Waals surface area contributed by atoms with Gasteiger partial charge >= 0.3 is 5.97 Å². The molecule has 0 rings (SSSR count). The standard InChI is InChI=1S/C16H38O5Si4/c1-23(2,3)19-13(11-10-12-22)14(15(17)18)16(20-24(4,5)6)21-25(7,8)9/h16H,10-12H2,1-9,22H3,(H,17,18). The maximum atomic E-state index is 12.2. The lowest BCUT2D eigenvalue weighted by molar-refractivity contribution is -0.136. The first-order valence-electron chi connectivity index (χ1n) is 9.06. The van der Waals surface area contributed by atoms with Gasteiger partial charge in [0.15, 0.2) is 22.9 Å². The van der Waals surface area contributed by atoms with Crippen molar-refractivity contribution in [2.75, 3.05) is 0 Å². The monoisotopic (exact) mass is 422 g/mol. The number of aliphatic carboxylic acids is 1. The van der Waals surface area contributed by atoms with Crippen molar-refractivity contribution in [3.8, 4) is 0 Å². The number of hydrogen-bond acceptors (Lipinski definition) is 4. The number of carboxylic acid groups (broad SMARTS) is 1. The molecule has 0 saturated heterocycles. The summed E-state index contributed by atoms with van der Waals surface area (Å²) in [5.41, 5.74) is 0.169. The second-order valence-electron chi connectivity index (χ2n) is 9.25. The molecule has 0 aliphatic carbocycles. The maximum absolute atomic E-state index is 12.2. The van der Waals surface area contributed by atoms with Gasteiger partial charge < -0.3 is 18.4 Å². The fourth-order valence-electron chi connectivity index (χ4n) is 2.08. The van der Waals surface area contributed by atoms with Crippen LogP contribution >= 0.6 is 0 Å². The van der Waals surface area contributed by atoms with Gasteiger partial charge in [0, 0.05) is 16.7 Å². The molecule has 0 aromatic carbocycles. The smallest absolute Gasteiger partial charge is 0.340 e. The zero-order valence-electron chi connectivity index (χ0n) is 17.8. The van der Waals surface area contributed by atoms with Crippen molar-refractivity contribution in [3.05, 3.63) is 11.3 Å². The van der Waals surface area contributed by atoms with E-state index in [2.05, 4.69) is 19.6 Å². The molecule has 5 nitrogen and oxygen atoms in total. The van der Waals surface area contributed by atoms with E-state index in [1.807, 2.05) is 39.3 Å². The summed E-state index contributed by atoms with van der Waals surface area (Å²) in [6.45, 7) is 18.5. The quantitative estimate of drug-likeness (QED) is 0.238. The van der Waals surface area contributed by atoms with Crippen molar-refractivity contribution in [3.63, 3.8) is 0 Å². The molecular weight excluding hydrogens is 385 g/mol. The van der Waals surface area contributed by atoms with Gasteiger partial charge in [0.2, 0.25) is 8.32 Å². The van der Waals surface area contributed by atoms with Gasteiger partial charge in [0.1, 0.15) is 5.57 Å². The van der Waals surface area contributed by atoms with E-state index in [0.717, 1.165) is 22.7 Å². The molecule has 0 heterocycles. The summed E-state index contributed by atoms with van der Waals surface area (Å²) >= 11 is 0. The van der Waals surface area contributed by atoms with E-state index in [1.54, 1.807) is 0 Å². The van der Waals surface area contributed by atoms with E-state index >= 15 is 0 Å². The topological polar surface area (TPSA) is 65.0 Å². The van der Waals surface area contributed by atoms with Crippen LogP contribution in [-0.2, 0) is 18.1 Å². The Kier molecular flexibility index (Phi) is 9.57. The Labute approximate surface area is 160 Å². The first kappa shape index (κ1) is 24.8. The first-order valence-corrected chi connectivity index (χ1v) is 20.7. The molecule has 0 radical (unpaired) electrons. The Hall–Kier alpha value is -0.202. The molecule has 9 heteroatoms. The molecule has 0 unspecified atom stereocenters. The highest BCUT2D eigenvalue weighted by molar-refractivity contribution is 6.71. The maximum Gasteiger partial charge on any atom is 0.340 e. The molecule has 0 fully saturated rings. The normalized spacial score (nSPS) is 14.6. The number of hydrogen-bond donors (Lipinski definition) is 1. The molecule has 25 heavy (non-hydrogen) atoms. The summed E-state index contributed by atoms with van der Waals surface area (Å²) in [6, 6.07) is 1.11. The highest BCUT2D eigenvalue weighted by Gasteiger charge is 2.36. The lowest BCUT2D eigenvalue weighted by atomic mass is 10.1. The largest absolute Gasteiger partial charge is 0.547 e. The van der Waals surface area contributed by atoms with Crippen LogP contribution in [0.3, 0.4) is 0 Å². The van der Waals surface area contributed by atoms with Crippen LogP contribution < -0.4 is 0 Å². The molecule has 0 aromatic rings. The molecular formula is C16H38O5Si4. The third kappa shape index (κ3) is 11.9. The minimum Gasteiger partial charge on any atom is -0.547 e. The van der Waals surface area contributed by atoms with E-state index in [9.17, 15) is 9.90 Å². The van der Waals surface area contributed by atoms with Gasteiger partial charge in [0.25, 0.3) is 0 Å². The molecule has 0 saturated carbocycles. The van der Waals surface area contributed by atoms with E-state index in [-0.39, 0.29) is 5.57 Å². The molecule has 0 aromatic heterocycles. The van der Waals surface area contributed by atoms with Gasteiger partial charge in [-0.2, -0.15) is 0 Å². The Bertz CT molecular complexity index is 456. The Morgan fingerprint density at radius 1 is 0.920 bits per heavy atom. The van der Waals surface area contributed by atoms with Crippen LogP contribution in [-0.4, -0.2) is 52.6 Å². The van der Waals surface area contributed by atoms with Crippen molar-refractivity contribution in [2.45, 2.75) is 84.1 Å². The molecule has 0 spiro atoms. The van der Waals surface area contributed by atoms with Crippen LogP contribution in [0.4, 0.5) is 0 Å². The van der Waals surface area contributed by atoms with Crippen LogP contribution in [0.25, 0.3) is 0 Å². The second-order valence-corrected chi connectivity index (χ2v) is 23.6. The first-order chi connectivity index (χ1) is 11.1. The van der Waals surface area contributed by atoms with Crippen molar-refractivity contribution in [1.29, 1.82) is 0 Å². The third-order valence-electron chi connectivity index (χ3n) is 2.87. The van der Waals surface area contributed by atoms with Crippen LogP contribution in [0.2, 0.25) is 65.0 Å². The summed E-state index contributed by atoms with van der Waals surface area (Å²) in [6.07, 6.45) is 0.724. The summed E-state index contributed by atoms with van der Waals surface area (Å²) in [5, 5.41) is 9.96. The summed E-state index contributed by atoms with van der Waals surface area (Å²) in [5.74, 6) is -0.438. The van der Waals surface area contributed by atoms with E-state index in [0.29, 0.717) is 12.2 Å². The van der Waals surface area contributed by atoms with Crippen molar-refractivity contribution in [1.82, 2.24) is 0 Å². The molecule has 0 aliphatic heterocycles. The third-order valence-corrected chi connectivity index (χ3v) is 6.28. The van der Waals surface area contributed by atoms with Gasteiger partial charge in [-0.05, 0) is 65.3 Å². The van der Waals surface area contributed by atoms with Crippen LogP contribution in [0.5, 0.6) is 0 Å². The van der Waals surface area contributed by atoms with Crippen molar-refractivity contribution < 1.29 is 23.2 Å². The molecule has 1 N–H and O–H groups in total. The zero-order valence-corrected chi connectivity index (χ0v) is 22.8. The van der Waals surface area contributed by atoms with E-state index in [1.165, 1.54) is 0 Å². The SMILES string of the molecule is C[Si](C)(C)OC(CCC[SiH3])=C(C(=O)O)C(O[Si](C)(C)C)O[Si](C)(C)C. The summed E-state index contributed by atoms with van der Waals surface area (Å²) in [7, 11) is -4.85. The lowest BCUT2D eigenvalue weighted by Gasteiger charge is -2.34. The highest BCUT2D eigenvalue weighted by Crippen LogP contribution is 2.27. The minimum atomic E-state index is -2.00. The Morgan fingerprint density at radius 3 is 1.64 bits per heavy atom.